The summed E-state index contributed by atoms with van der Waals surface area (Å²) in [7, 11) is -1.90. The fourth-order valence-corrected chi connectivity index (χ4v) is 2.97. The third kappa shape index (κ3) is 4.60. The highest BCUT2D eigenvalue weighted by Crippen LogP contribution is 2.16. The molecule has 0 aliphatic carbocycles. The van der Waals surface area contributed by atoms with Crippen LogP contribution in [0.4, 0.5) is 0 Å². The van der Waals surface area contributed by atoms with Crippen molar-refractivity contribution in [3.63, 3.8) is 0 Å². The first kappa shape index (κ1) is 16.1. The molecule has 108 valence electrons. The third-order valence-electron chi connectivity index (χ3n) is 3.03. The SMILES string of the molecule is CCCc1ccc(S(=O)(=O)N(C)CCC(C)O)cc1. The molecular formula is C14H23NO3S. The van der Waals surface area contributed by atoms with E-state index in [2.05, 4.69) is 6.92 Å². The van der Waals surface area contributed by atoms with Gasteiger partial charge in [-0.2, -0.15) is 0 Å². The lowest BCUT2D eigenvalue weighted by Crippen LogP contribution is -2.29. The Balaban J connectivity index is 2.81. The summed E-state index contributed by atoms with van der Waals surface area (Å²) in [5.74, 6) is 0. The summed E-state index contributed by atoms with van der Waals surface area (Å²) < 4.78 is 25.8. The van der Waals surface area contributed by atoms with Gasteiger partial charge in [0.2, 0.25) is 10.0 Å². The molecule has 0 spiro atoms. The molecule has 0 bridgehead atoms. The highest BCUT2D eigenvalue weighted by atomic mass is 32.2. The maximum Gasteiger partial charge on any atom is 0.242 e. The van der Waals surface area contributed by atoms with Crippen LogP contribution >= 0.6 is 0 Å². The minimum Gasteiger partial charge on any atom is -0.393 e. The molecule has 0 aliphatic heterocycles. The molecule has 1 aromatic rings. The van der Waals surface area contributed by atoms with Gasteiger partial charge in [-0.1, -0.05) is 25.5 Å². The number of aliphatic hydroxyl groups excluding tert-OH is 1. The van der Waals surface area contributed by atoms with E-state index in [-0.39, 0.29) is 0 Å². The summed E-state index contributed by atoms with van der Waals surface area (Å²) in [5, 5.41) is 9.21. The molecule has 1 rings (SSSR count). The lowest BCUT2D eigenvalue weighted by atomic mass is 10.1. The molecule has 1 aromatic carbocycles. The van der Waals surface area contributed by atoms with E-state index in [4.69, 9.17) is 0 Å². The Hall–Kier alpha value is -0.910. The van der Waals surface area contributed by atoms with Gasteiger partial charge >= 0.3 is 0 Å². The van der Waals surface area contributed by atoms with Crippen LogP contribution in [-0.4, -0.2) is 37.5 Å². The van der Waals surface area contributed by atoms with Crippen LogP contribution < -0.4 is 0 Å². The lowest BCUT2D eigenvalue weighted by Gasteiger charge is -2.18. The first-order valence-corrected chi connectivity index (χ1v) is 8.05. The number of hydrogen-bond donors (Lipinski definition) is 1. The van der Waals surface area contributed by atoms with Crippen molar-refractivity contribution in [2.24, 2.45) is 0 Å². The Morgan fingerprint density at radius 2 is 1.84 bits per heavy atom. The number of aryl methyl sites for hydroxylation is 1. The monoisotopic (exact) mass is 285 g/mol. The van der Waals surface area contributed by atoms with E-state index >= 15 is 0 Å². The molecule has 0 saturated carbocycles. The molecule has 0 heterocycles. The number of sulfonamides is 1. The molecule has 1 unspecified atom stereocenters. The van der Waals surface area contributed by atoms with Crippen LogP contribution in [0.25, 0.3) is 0 Å². The summed E-state index contributed by atoms with van der Waals surface area (Å²) in [5.41, 5.74) is 1.15. The molecular weight excluding hydrogens is 262 g/mol. The Morgan fingerprint density at radius 3 is 2.32 bits per heavy atom. The minimum absolute atomic E-state index is 0.306. The molecule has 1 atom stereocenters. The predicted molar refractivity (Wildman–Crippen MR) is 76.6 cm³/mol. The Labute approximate surface area is 116 Å². The number of hydrogen-bond acceptors (Lipinski definition) is 3. The van der Waals surface area contributed by atoms with E-state index in [9.17, 15) is 13.5 Å². The quantitative estimate of drug-likeness (QED) is 0.834. The zero-order valence-electron chi connectivity index (χ0n) is 11.8. The topological polar surface area (TPSA) is 57.6 Å². The largest absolute Gasteiger partial charge is 0.393 e. The fraction of sp³-hybridized carbons (Fsp3) is 0.571. The smallest absolute Gasteiger partial charge is 0.242 e. The second kappa shape index (κ2) is 7.03. The number of aliphatic hydroxyl groups is 1. The summed E-state index contributed by atoms with van der Waals surface area (Å²) in [6.07, 6.45) is 1.94. The van der Waals surface area contributed by atoms with Crippen molar-refractivity contribution in [2.75, 3.05) is 13.6 Å². The first-order chi connectivity index (χ1) is 8.87. The van der Waals surface area contributed by atoms with Gasteiger partial charge in [0.15, 0.2) is 0 Å². The van der Waals surface area contributed by atoms with Crippen LogP contribution in [0.3, 0.4) is 0 Å². The van der Waals surface area contributed by atoms with Crippen molar-refractivity contribution in [3.05, 3.63) is 29.8 Å². The maximum absolute atomic E-state index is 12.3. The van der Waals surface area contributed by atoms with Gasteiger partial charge in [0.05, 0.1) is 11.0 Å². The van der Waals surface area contributed by atoms with Crippen LogP contribution in [0.5, 0.6) is 0 Å². The van der Waals surface area contributed by atoms with E-state index in [1.807, 2.05) is 12.1 Å². The van der Waals surface area contributed by atoms with Crippen molar-refractivity contribution in [1.29, 1.82) is 0 Å². The predicted octanol–water partition coefficient (Wildman–Crippen LogP) is 2.03. The van der Waals surface area contributed by atoms with Crippen LogP contribution in [0.15, 0.2) is 29.2 Å². The molecule has 1 N–H and O–H groups in total. The standard InChI is InChI=1S/C14H23NO3S/c1-4-5-13-6-8-14(9-7-13)19(17,18)15(3)11-10-12(2)16/h6-9,12,16H,4-5,10-11H2,1-3H3. The Kier molecular flexibility index (Phi) is 5.97. The average Bonchev–Trinajstić information content (AvgIpc) is 2.36. The minimum atomic E-state index is -3.44. The Bertz CT molecular complexity index is 480. The van der Waals surface area contributed by atoms with Gasteiger partial charge in [0, 0.05) is 13.6 Å². The van der Waals surface area contributed by atoms with Crippen molar-refractivity contribution in [2.45, 2.75) is 44.1 Å². The molecule has 0 saturated heterocycles. The number of benzene rings is 1. The fourth-order valence-electron chi connectivity index (χ4n) is 1.79. The van der Waals surface area contributed by atoms with Crippen LogP contribution in [0.2, 0.25) is 0 Å². The van der Waals surface area contributed by atoms with E-state index in [1.165, 1.54) is 11.4 Å². The number of rotatable bonds is 7. The lowest BCUT2D eigenvalue weighted by molar-refractivity contribution is 0.177. The molecule has 19 heavy (non-hydrogen) atoms. The van der Waals surface area contributed by atoms with Gasteiger partial charge in [-0.15, -0.1) is 0 Å². The molecule has 4 nitrogen and oxygen atoms in total. The normalized spacial score (nSPS) is 13.7. The molecule has 0 aromatic heterocycles. The van der Waals surface area contributed by atoms with Gasteiger partial charge < -0.3 is 5.11 Å². The second-order valence-corrected chi connectivity index (χ2v) is 6.90. The van der Waals surface area contributed by atoms with Crippen molar-refractivity contribution in [1.82, 2.24) is 4.31 Å². The number of nitrogens with zero attached hydrogens (tertiary/aromatic N) is 1. The van der Waals surface area contributed by atoms with Crippen molar-refractivity contribution in [3.8, 4) is 0 Å². The highest BCUT2D eigenvalue weighted by molar-refractivity contribution is 7.89. The molecule has 5 heteroatoms. The van der Waals surface area contributed by atoms with Crippen LogP contribution in [0, 0.1) is 0 Å². The van der Waals surface area contributed by atoms with E-state index < -0.39 is 16.1 Å². The molecule has 0 aliphatic rings. The molecule has 0 amide bonds. The van der Waals surface area contributed by atoms with Gasteiger partial charge in [-0.3, -0.25) is 0 Å². The average molecular weight is 285 g/mol. The summed E-state index contributed by atoms with van der Waals surface area (Å²) in [6, 6.07) is 7.02. The summed E-state index contributed by atoms with van der Waals surface area (Å²) in [6.45, 7) is 4.06. The zero-order chi connectivity index (χ0) is 14.5. The van der Waals surface area contributed by atoms with E-state index in [1.54, 1.807) is 19.1 Å². The van der Waals surface area contributed by atoms with Crippen LogP contribution in [0.1, 0.15) is 32.3 Å². The first-order valence-electron chi connectivity index (χ1n) is 6.61. The van der Waals surface area contributed by atoms with Gasteiger partial charge in [-0.05, 0) is 37.5 Å². The zero-order valence-corrected chi connectivity index (χ0v) is 12.7. The third-order valence-corrected chi connectivity index (χ3v) is 4.90. The van der Waals surface area contributed by atoms with Gasteiger partial charge in [-0.25, -0.2) is 12.7 Å². The van der Waals surface area contributed by atoms with Crippen molar-refractivity contribution < 1.29 is 13.5 Å². The highest BCUT2D eigenvalue weighted by Gasteiger charge is 2.20. The maximum atomic E-state index is 12.3. The molecule has 0 radical (unpaired) electrons. The van der Waals surface area contributed by atoms with E-state index in [0.29, 0.717) is 17.9 Å². The summed E-state index contributed by atoms with van der Waals surface area (Å²) >= 11 is 0. The van der Waals surface area contributed by atoms with Crippen molar-refractivity contribution >= 4 is 10.0 Å². The van der Waals surface area contributed by atoms with Crippen LogP contribution in [-0.2, 0) is 16.4 Å². The van der Waals surface area contributed by atoms with E-state index in [0.717, 1.165) is 18.4 Å². The molecule has 0 fully saturated rings. The Morgan fingerprint density at radius 1 is 1.26 bits per heavy atom. The second-order valence-electron chi connectivity index (χ2n) is 4.86. The van der Waals surface area contributed by atoms with Gasteiger partial charge in [0.25, 0.3) is 0 Å². The summed E-state index contributed by atoms with van der Waals surface area (Å²) in [4.78, 5) is 0.306. The van der Waals surface area contributed by atoms with Gasteiger partial charge in [0.1, 0.15) is 0 Å².